The standard InChI is InChI=1S/C20H15N7O3/c21-8-12-1-3-13(4-2-12)30-14-5-6-27(11-14)18-7-16(25-26-17(18)9-22)15-10-23-20(29)24-19(15)28/h1-4,7,10,14H,5-6,11H2,(H2,23,24,28,29). The van der Waals surface area contributed by atoms with Crippen LogP contribution in [0.4, 0.5) is 5.69 Å². The topological polar surface area (TPSA) is 152 Å². The van der Waals surface area contributed by atoms with Crippen molar-refractivity contribution in [2.45, 2.75) is 12.5 Å². The third-order valence-electron chi connectivity index (χ3n) is 4.75. The third-order valence-corrected chi connectivity index (χ3v) is 4.75. The van der Waals surface area contributed by atoms with Gasteiger partial charge in [0.2, 0.25) is 0 Å². The molecule has 1 saturated heterocycles. The summed E-state index contributed by atoms with van der Waals surface area (Å²) in [5, 5.41) is 26.2. The highest BCUT2D eigenvalue weighted by Crippen LogP contribution is 2.27. The van der Waals surface area contributed by atoms with Crippen molar-refractivity contribution in [2.24, 2.45) is 0 Å². The maximum atomic E-state index is 12.1. The van der Waals surface area contributed by atoms with Crippen molar-refractivity contribution in [3.8, 4) is 29.1 Å². The summed E-state index contributed by atoms with van der Waals surface area (Å²) in [6, 6.07) is 12.6. The number of benzene rings is 1. The smallest absolute Gasteiger partial charge is 0.325 e. The van der Waals surface area contributed by atoms with Crippen molar-refractivity contribution in [3.05, 3.63) is 68.6 Å². The van der Waals surface area contributed by atoms with Gasteiger partial charge in [0.1, 0.15) is 23.6 Å². The van der Waals surface area contributed by atoms with E-state index in [0.29, 0.717) is 30.1 Å². The fourth-order valence-corrected chi connectivity index (χ4v) is 3.28. The van der Waals surface area contributed by atoms with Gasteiger partial charge in [0.25, 0.3) is 5.56 Å². The summed E-state index contributed by atoms with van der Waals surface area (Å²) in [5.41, 5.74) is 0.426. The van der Waals surface area contributed by atoms with Gasteiger partial charge in [-0.1, -0.05) is 0 Å². The van der Waals surface area contributed by atoms with Crippen LogP contribution in [0, 0.1) is 22.7 Å². The number of nitriles is 2. The molecule has 0 radical (unpaired) electrons. The lowest BCUT2D eigenvalue weighted by atomic mass is 10.2. The van der Waals surface area contributed by atoms with E-state index in [4.69, 9.17) is 10.00 Å². The Morgan fingerprint density at radius 2 is 1.93 bits per heavy atom. The van der Waals surface area contributed by atoms with Crippen LogP contribution in [0.5, 0.6) is 5.75 Å². The normalized spacial score (nSPS) is 15.4. The molecule has 1 aromatic carbocycles. The highest BCUT2D eigenvalue weighted by atomic mass is 16.5. The van der Waals surface area contributed by atoms with Gasteiger partial charge in [0, 0.05) is 19.2 Å². The average Bonchev–Trinajstić information content (AvgIpc) is 3.22. The molecule has 0 amide bonds. The SMILES string of the molecule is N#Cc1ccc(OC2CCN(c3cc(-c4c[nH]c(=O)[nH]c4=O)nnc3C#N)C2)cc1. The molecule has 10 nitrogen and oxygen atoms in total. The Morgan fingerprint density at radius 3 is 2.63 bits per heavy atom. The second-order valence-corrected chi connectivity index (χ2v) is 6.67. The Balaban J connectivity index is 1.57. The first-order valence-corrected chi connectivity index (χ1v) is 9.09. The van der Waals surface area contributed by atoms with Gasteiger partial charge in [0.15, 0.2) is 5.69 Å². The molecule has 1 aliphatic heterocycles. The molecule has 2 N–H and O–H groups in total. The highest BCUT2D eigenvalue weighted by Gasteiger charge is 2.27. The molecule has 0 aliphatic carbocycles. The molecule has 0 spiro atoms. The van der Waals surface area contributed by atoms with E-state index < -0.39 is 11.2 Å². The van der Waals surface area contributed by atoms with Gasteiger partial charge in [0.05, 0.1) is 29.4 Å². The minimum atomic E-state index is -0.618. The Labute approximate surface area is 170 Å². The predicted molar refractivity (Wildman–Crippen MR) is 106 cm³/mol. The first kappa shape index (κ1) is 18.9. The second-order valence-electron chi connectivity index (χ2n) is 6.67. The van der Waals surface area contributed by atoms with Gasteiger partial charge in [-0.3, -0.25) is 9.78 Å². The van der Waals surface area contributed by atoms with Crippen LogP contribution in [0.15, 0.2) is 46.1 Å². The molecule has 3 heterocycles. The van der Waals surface area contributed by atoms with Crippen molar-refractivity contribution in [1.29, 1.82) is 10.5 Å². The van der Waals surface area contributed by atoms with Crippen LogP contribution < -0.4 is 20.9 Å². The van der Waals surface area contributed by atoms with E-state index in [1.165, 1.54) is 6.20 Å². The molecule has 30 heavy (non-hydrogen) atoms. The number of H-pyrrole nitrogens is 2. The quantitative estimate of drug-likeness (QED) is 0.655. The number of nitrogens with zero attached hydrogens (tertiary/aromatic N) is 5. The molecule has 4 rings (SSSR count). The van der Waals surface area contributed by atoms with Crippen molar-refractivity contribution in [1.82, 2.24) is 20.2 Å². The zero-order chi connectivity index (χ0) is 21.1. The Hall–Kier alpha value is -4.44. The zero-order valence-electron chi connectivity index (χ0n) is 15.6. The van der Waals surface area contributed by atoms with Crippen LogP contribution in [-0.4, -0.2) is 39.4 Å². The van der Waals surface area contributed by atoms with Crippen molar-refractivity contribution in [3.63, 3.8) is 0 Å². The predicted octanol–water partition coefficient (Wildman–Crippen LogP) is 0.921. The molecule has 0 saturated carbocycles. The van der Waals surface area contributed by atoms with Crippen LogP contribution in [0.3, 0.4) is 0 Å². The second kappa shape index (κ2) is 7.89. The fourth-order valence-electron chi connectivity index (χ4n) is 3.28. The molecule has 3 aromatic rings. The van der Waals surface area contributed by atoms with Crippen molar-refractivity contribution in [2.75, 3.05) is 18.0 Å². The Kier molecular flexibility index (Phi) is 4.97. The lowest BCUT2D eigenvalue weighted by molar-refractivity contribution is 0.225. The summed E-state index contributed by atoms with van der Waals surface area (Å²) < 4.78 is 5.98. The van der Waals surface area contributed by atoms with Gasteiger partial charge in [-0.15, -0.1) is 10.2 Å². The average molecular weight is 401 g/mol. The maximum Gasteiger partial charge on any atom is 0.325 e. The highest BCUT2D eigenvalue weighted by molar-refractivity contribution is 5.66. The summed E-state index contributed by atoms with van der Waals surface area (Å²) in [6.45, 7) is 1.14. The number of aromatic nitrogens is 4. The summed E-state index contributed by atoms with van der Waals surface area (Å²) in [7, 11) is 0. The van der Waals surface area contributed by atoms with E-state index in [1.54, 1.807) is 30.3 Å². The van der Waals surface area contributed by atoms with Crippen molar-refractivity contribution >= 4 is 5.69 Å². The first-order valence-electron chi connectivity index (χ1n) is 9.09. The largest absolute Gasteiger partial charge is 0.489 e. The zero-order valence-corrected chi connectivity index (χ0v) is 15.6. The van der Waals surface area contributed by atoms with E-state index in [1.807, 2.05) is 11.0 Å². The van der Waals surface area contributed by atoms with E-state index in [2.05, 4.69) is 26.2 Å². The summed E-state index contributed by atoms with van der Waals surface area (Å²) in [6.07, 6.45) is 1.88. The lowest BCUT2D eigenvalue weighted by Gasteiger charge is -2.20. The molecule has 148 valence electrons. The number of aromatic amines is 2. The lowest BCUT2D eigenvalue weighted by Crippen LogP contribution is -2.26. The van der Waals surface area contributed by atoms with Gasteiger partial charge < -0.3 is 14.6 Å². The fraction of sp³-hybridized carbons (Fsp3) is 0.200. The number of rotatable bonds is 4. The summed E-state index contributed by atoms with van der Waals surface area (Å²) in [4.78, 5) is 29.8. The van der Waals surface area contributed by atoms with Crippen LogP contribution in [0.2, 0.25) is 0 Å². The number of hydrogen-bond donors (Lipinski definition) is 2. The number of ether oxygens (including phenoxy) is 1. The van der Waals surface area contributed by atoms with Crippen molar-refractivity contribution < 1.29 is 4.74 Å². The molecule has 10 heteroatoms. The molecule has 1 atom stereocenters. The van der Waals surface area contributed by atoms with Gasteiger partial charge in [-0.05, 0) is 30.3 Å². The molecule has 0 bridgehead atoms. The molecule has 1 fully saturated rings. The molecule has 2 aromatic heterocycles. The van der Waals surface area contributed by atoms with Crippen LogP contribution in [-0.2, 0) is 0 Å². The summed E-state index contributed by atoms with van der Waals surface area (Å²) in [5.74, 6) is 0.662. The first-order chi connectivity index (χ1) is 14.6. The minimum Gasteiger partial charge on any atom is -0.489 e. The van der Waals surface area contributed by atoms with Crippen LogP contribution in [0.25, 0.3) is 11.3 Å². The minimum absolute atomic E-state index is 0.113. The Bertz CT molecular complexity index is 1280. The van der Waals surface area contributed by atoms with E-state index in [0.717, 1.165) is 6.42 Å². The number of anilines is 1. The Morgan fingerprint density at radius 1 is 1.13 bits per heavy atom. The van der Waals surface area contributed by atoms with Crippen LogP contribution >= 0.6 is 0 Å². The molecule has 1 aliphatic rings. The van der Waals surface area contributed by atoms with Gasteiger partial charge in [-0.2, -0.15) is 10.5 Å². The van der Waals surface area contributed by atoms with Gasteiger partial charge in [-0.25, -0.2) is 4.79 Å². The van der Waals surface area contributed by atoms with Crippen LogP contribution in [0.1, 0.15) is 17.7 Å². The number of nitrogens with one attached hydrogen (secondary N) is 2. The molecule has 1 unspecified atom stereocenters. The monoisotopic (exact) mass is 401 g/mol. The number of hydrogen-bond acceptors (Lipinski definition) is 8. The van der Waals surface area contributed by atoms with Gasteiger partial charge >= 0.3 is 5.69 Å². The summed E-state index contributed by atoms with van der Waals surface area (Å²) >= 11 is 0. The molecular weight excluding hydrogens is 386 g/mol. The van der Waals surface area contributed by atoms with E-state index in [9.17, 15) is 14.9 Å². The molecular formula is C20H15N7O3. The maximum absolute atomic E-state index is 12.1. The van der Waals surface area contributed by atoms with E-state index >= 15 is 0 Å². The third kappa shape index (κ3) is 3.75. The van der Waals surface area contributed by atoms with E-state index in [-0.39, 0.29) is 23.1 Å².